The summed E-state index contributed by atoms with van der Waals surface area (Å²) in [7, 11) is 0. The standard InChI is InChI=1S/C16H14ClF3O3/c17-12-4-2-11(3-5-12)14-7-6-13(22-9-1-8-21)10-15(14)23-16(18,19)20/h2-7,10,21H,1,8-9H2. The summed E-state index contributed by atoms with van der Waals surface area (Å²) in [6.07, 6.45) is -4.43. The van der Waals surface area contributed by atoms with Gasteiger partial charge in [0, 0.05) is 29.7 Å². The van der Waals surface area contributed by atoms with Gasteiger partial charge in [0.05, 0.1) is 6.61 Å². The van der Waals surface area contributed by atoms with Gasteiger partial charge in [-0.2, -0.15) is 0 Å². The summed E-state index contributed by atoms with van der Waals surface area (Å²) < 4.78 is 47.3. The van der Waals surface area contributed by atoms with Gasteiger partial charge in [-0.25, -0.2) is 0 Å². The summed E-state index contributed by atoms with van der Waals surface area (Å²) in [5.41, 5.74) is 0.809. The van der Waals surface area contributed by atoms with Crippen LogP contribution in [0.1, 0.15) is 6.42 Å². The van der Waals surface area contributed by atoms with Gasteiger partial charge in [-0.05, 0) is 29.8 Å². The van der Waals surface area contributed by atoms with Gasteiger partial charge in [-0.15, -0.1) is 13.2 Å². The Kier molecular flexibility index (Phi) is 5.74. The summed E-state index contributed by atoms with van der Waals surface area (Å²) >= 11 is 5.79. The molecule has 0 aromatic heterocycles. The van der Waals surface area contributed by atoms with Crippen molar-refractivity contribution in [3.63, 3.8) is 0 Å². The maximum absolute atomic E-state index is 12.6. The molecule has 0 saturated carbocycles. The van der Waals surface area contributed by atoms with Crippen LogP contribution in [-0.4, -0.2) is 24.7 Å². The topological polar surface area (TPSA) is 38.7 Å². The van der Waals surface area contributed by atoms with Crippen molar-refractivity contribution in [1.29, 1.82) is 0 Å². The van der Waals surface area contributed by atoms with E-state index in [0.29, 0.717) is 17.0 Å². The summed E-state index contributed by atoms with van der Waals surface area (Å²) in [4.78, 5) is 0. The molecule has 0 amide bonds. The Labute approximate surface area is 136 Å². The second-order valence-electron chi connectivity index (χ2n) is 4.64. The number of halogens is 4. The van der Waals surface area contributed by atoms with Crippen LogP contribution in [0, 0.1) is 0 Å². The molecule has 0 aliphatic rings. The van der Waals surface area contributed by atoms with Gasteiger partial charge in [0.1, 0.15) is 11.5 Å². The Morgan fingerprint density at radius 1 is 1.04 bits per heavy atom. The van der Waals surface area contributed by atoms with Crippen molar-refractivity contribution in [3.8, 4) is 22.6 Å². The number of ether oxygens (including phenoxy) is 2. The second-order valence-corrected chi connectivity index (χ2v) is 5.07. The van der Waals surface area contributed by atoms with Crippen LogP contribution in [0.25, 0.3) is 11.1 Å². The second kappa shape index (κ2) is 7.57. The van der Waals surface area contributed by atoms with Gasteiger partial charge in [0.25, 0.3) is 0 Å². The molecule has 0 radical (unpaired) electrons. The molecular weight excluding hydrogens is 333 g/mol. The van der Waals surface area contributed by atoms with Crippen LogP contribution < -0.4 is 9.47 Å². The molecule has 3 nitrogen and oxygen atoms in total. The van der Waals surface area contributed by atoms with E-state index in [1.165, 1.54) is 12.1 Å². The van der Waals surface area contributed by atoms with E-state index in [1.807, 2.05) is 0 Å². The van der Waals surface area contributed by atoms with Crippen LogP contribution in [0.15, 0.2) is 42.5 Å². The lowest BCUT2D eigenvalue weighted by Crippen LogP contribution is -2.17. The fraction of sp³-hybridized carbons (Fsp3) is 0.250. The molecule has 0 unspecified atom stereocenters. The lowest BCUT2D eigenvalue weighted by Gasteiger charge is -2.15. The first-order valence-electron chi connectivity index (χ1n) is 6.78. The quantitative estimate of drug-likeness (QED) is 0.773. The predicted octanol–water partition coefficient (Wildman–Crippen LogP) is 4.67. The number of alkyl halides is 3. The molecule has 7 heteroatoms. The number of aliphatic hydroxyl groups is 1. The summed E-state index contributed by atoms with van der Waals surface area (Å²) in [5, 5.41) is 9.19. The van der Waals surface area contributed by atoms with Gasteiger partial charge in [0.2, 0.25) is 0 Å². The third-order valence-corrected chi connectivity index (χ3v) is 3.16. The molecule has 124 valence electrons. The fourth-order valence-corrected chi connectivity index (χ4v) is 2.05. The molecule has 2 rings (SSSR count). The Morgan fingerprint density at radius 3 is 2.35 bits per heavy atom. The highest BCUT2D eigenvalue weighted by atomic mass is 35.5. The lowest BCUT2D eigenvalue weighted by atomic mass is 10.0. The van der Waals surface area contributed by atoms with Crippen molar-refractivity contribution in [2.75, 3.05) is 13.2 Å². The minimum absolute atomic E-state index is 0.0607. The van der Waals surface area contributed by atoms with Crippen LogP contribution in [0.3, 0.4) is 0 Å². The lowest BCUT2D eigenvalue weighted by molar-refractivity contribution is -0.274. The first-order chi connectivity index (χ1) is 10.9. The zero-order valence-electron chi connectivity index (χ0n) is 11.9. The minimum atomic E-state index is -4.81. The summed E-state index contributed by atoms with van der Waals surface area (Å²) in [6.45, 7) is 0.136. The van der Waals surface area contributed by atoms with Crippen LogP contribution in [0.5, 0.6) is 11.5 Å². The number of benzene rings is 2. The molecule has 0 saturated heterocycles. The molecule has 0 fully saturated rings. The van der Waals surface area contributed by atoms with Gasteiger partial charge in [-0.1, -0.05) is 23.7 Å². The Bertz CT molecular complexity index is 642. The van der Waals surface area contributed by atoms with E-state index in [2.05, 4.69) is 4.74 Å². The van der Waals surface area contributed by atoms with Gasteiger partial charge < -0.3 is 14.6 Å². The van der Waals surface area contributed by atoms with Gasteiger partial charge in [0.15, 0.2) is 0 Å². The van der Waals surface area contributed by atoms with Crippen molar-refractivity contribution in [2.24, 2.45) is 0 Å². The average Bonchev–Trinajstić information content (AvgIpc) is 2.47. The molecule has 0 heterocycles. The van der Waals surface area contributed by atoms with E-state index in [1.54, 1.807) is 30.3 Å². The van der Waals surface area contributed by atoms with Crippen molar-refractivity contribution < 1.29 is 27.8 Å². The SMILES string of the molecule is OCCCOc1ccc(-c2ccc(Cl)cc2)c(OC(F)(F)F)c1. The van der Waals surface area contributed by atoms with Crippen molar-refractivity contribution in [1.82, 2.24) is 0 Å². The van der Waals surface area contributed by atoms with Crippen molar-refractivity contribution in [2.45, 2.75) is 12.8 Å². The predicted molar refractivity (Wildman–Crippen MR) is 80.8 cm³/mol. The summed E-state index contributed by atoms with van der Waals surface area (Å²) in [5.74, 6) is -0.128. The monoisotopic (exact) mass is 346 g/mol. The molecule has 0 bridgehead atoms. The maximum Gasteiger partial charge on any atom is 0.573 e. The molecule has 1 N–H and O–H groups in total. The number of hydrogen-bond acceptors (Lipinski definition) is 3. The van der Waals surface area contributed by atoms with Crippen LogP contribution in [0.4, 0.5) is 13.2 Å². The zero-order chi connectivity index (χ0) is 16.9. The maximum atomic E-state index is 12.6. The highest BCUT2D eigenvalue weighted by Crippen LogP contribution is 2.37. The largest absolute Gasteiger partial charge is 0.573 e. The molecule has 0 atom stereocenters. The van der Waals surface area contributed by atoms with E-state index in [-0.39, 0.29) is 30.3 Å². The number of aliphatic hydroxyl groups excluding tert-OH is 1. The molecule has 2 aromatic carbocycles. The van der Waals surface area contributed by atoms with E-state index >= 15 is 0 Å². The fourth-order valence-electron chi connectivity index (χ4n) is 1.92. The van der Waals surface area contributed by atoms with Gasteiger partial charge in [-0.3, -0.25) is 0 Å². The van der Waals surface area contributed by atoms with E-state index in [9.17, 15) is 13.2 Å². The van der Waals surface area contributed by atoms with Crippen molar-refractivity contribution >= 4 is 11.6 Å². The van der Waals surface area contributed by atoms with E-state index in [4.69, 9.17) is 21.4 Å². The molecule has 23 heavy (non-hydrogen) atoms. The first kappa shape index (κ1) is 17.4. The highest BCUT2D eigenvalue weighted by Gasteiger charge is 2.32. The third-order valence-electron chi connectivity index (χ3n) is 2.91. The highest BCUT2D eigenvalue weighted by molar-refractivity contribution is 6.30. The van der Waals surface area contributed by atoms with E-state index < -0.39 is 6.36 Å². The normalized spacial score (nSPS) is 11.3. The first-order valence-corrected chi connectivity index (χ1v) is 7.16. The number of rotatable bonds is 6. The third kappa shape index (κ3) is 5.33. The van der Waals surface area contributed by atoms with Gasteiger partial charge >= 0.3 is 6.36 Å². The average molecular weight is 347 g/mol. The van der Waals surface area contributed by atoms with Crippen LogP contribution >= 0.6 is 11.6 Å². The minimum Gasteiger partial charge on any atom is -0.493 e. The molecule has 0 spiro atoms. The molecule has 2 aromatic rings. The van der Waals surface area contributed by atoms with E-state index in [0.717, 1.165) is 0 Å². The van der Waals surface area contributed by atoms with Crippen LogP contribution in [-0.2, 0) is 0 Å². The Balaban J connectivity index is 2.34. The van der Waals surface area contributed by atoms with Crippen molar-refractivity contribution in [3.05, 3.63) is 47.5 Å². The molecular formula is C16H14ClF3O3. The zero-order valence-corrected chi connectivity index (χ0v) is 12.7. The molecule has 0 aliphatic carbocycles. The summed E-state index contributed by atoms with van der Waals surface area (Å²) in [6, 6.07) is 10.6. The number of hydrogen-bond donors (Lipinski definition) is 1. The Hall–Kier alpha value is -1.92. The smallest absolute Gasteiger partial charge is 0.493 e. The molecule has 0 aliphatic heterocycles. The van der Waals surface area contributed by atoms with Crippen LogP contribution in [0.2, 0.25) is 5.02 Å². The Morgan fingerprint density at radius 2 is 1.74 bits per heavy atom.